The summed E-state index contributed by atoms with van der Waals surface area (Å²) >= 11 is 0. The van der Waals surface area contributed by atoms with Gasteiger partial charge in [-0.2, -0.15) is 0 Å². The molecule has 1 heterocycles. The lowest BCUT2D eigenvalue weighted by molar-refractivity contribution is 0.280. The molecule has 4 aromatic carbocycles. The lowest BCUT2D eigenvalue weighted by atomic mass is 10.0. The van der Waals surface area contributed by atoms with Crippen LogP contribution in [0, 0.1) is 0 Å². The van der Waals surface area contributed by atoms with E-state index >= 15 is 0 Å². The van der Waals surface area contributed by atoms with Crippen molar-refractivity contribution in [3.8, 4) is 11.5 Å². The second-order valence-electron chi connectivity index (χ2n) is 8.89. The van der Waals surface area contributed by atoms with Crippen molar-refractivity contribution >= 4 is 21.8 Å². The maximum absolute atomic E-state index is 6.10. The average Bonchev–Trinajstić information content (AvgIpc) is 3.23. The maximum Gasteiger partial charge on any atom is 0.147 e. The third-order valence-electron chi connectivity index (χ3n) is 6.16. The second kappa shape index (κ2) is 10.0. The predicted molar refractivity (Wildman–Crippen MR) is 139 cm³/mol. The number of imidazole rings is 1. The van der Waals surface area contributed by atoms with Gasteiger partial charge in [0.15, 0.2) is 0 Å². The van der Waals surface area contributed by atoms with Crippen molar-refractivity contribution < 1.29 is 9.47 Å². The van der Waals surface area contributed by atoms with E-state index < -0.39 is 0 Å². The van der Waals surface area contributed by atoms with Gasteiger partial charge in [0.25, 0.3) is 0 Å². The van der Waals surface area contributed by atoms with Crippen molar-refractivity contribution in [1.29, 1.82) is 0 Å². The smallest absolute Gasteiger partial charge is 0.147 e. The van der Waals surface area contributed by atoms with E-state index in [1.165, 1.54) is 16.3 Å². The Kier molecular flexibility index (Phi) is 6.48. The summed E-state index contributed by atoms with van der Waals surface area (Å²) in [6.07, 6.45) is 0.878. The summed E-state index contributed by atoms with van der Waals surface area (Å²) in [6, 6.07) is 31.2. The van der Waals surface area contributed by atoms with E-state index in [0.717, 1.165) is 41.3 Å². The first-order valence-corrected chi connectivity index (χ1v) is 12.0. The highest BCUT2D eigenvalue weighted by molar-refractivity contribution is 5.83. The number of nitrogens with zero attached hydrogens (tertiary/aromatic N) is 2. The maximum atomic E-state index is 6.10. The zero-order valence-electron chi connectivity index (χ0n) is 19.8. The Balaban J connectivity index is 1.25. The van der Waals surface area contributed by atoms with Crippen LogP contribution in [0.2, 0.25) is 0 Å². The molecule has 5 rings (SSSR count). The molecular formula is C30H30N2O2. The van der Waals surface area contributed by atoms with Crippen LogP contribution in [0.5, 0.6) is 11.5 Å². The number of hydrogen-bond acceptors (Lipinski definition) is 3. The quantitative estimate of drug-likeness (QED) is 0.220. The van der Waals surface area contributed by atoms with Gasteiger partial charge in [0.1, 0.15) is 23.9 Å². The largest absolute Gasteiger partial charge is 0.494 e. The number of aryl methyl sites for hydroxylation is 1. The summed E-state index contributed by atoms with van der Waals surface area (Å²) in [5.41, 5.74) is 3.43. The second-order valence-corrected chi connectivity index (χ2v) is 8.89. The van der Waals surface area contributed by atoms with E-state index in [1.807, 2.05) is 24.3 Å². The molecule has 0 fully saturated rings. The number of hydrogen-bond donors (Lipinski definition) is 0. The molecular weight excluding hydrogens is 420 g/mol. The molecule has 0 aliphatic rings. The summed E-state index contributed by atoms with van der Waals surface area (Å²) in [4.78, 5) is 4.84. The summed E-state index contributed by atoms with van der Waals surface area (Å²) in [5.74, 6) is 3.21. The minimum atomic E-state index is 0.432. The van der Waals surface area contributed by atoms with E-state index in [2.05, 4.69) is 85.1 Å². The van der Waals surface area contributed by atoms with Crippen molar-refractivity contribution in [2.45, 2.75) is 39.3 Å². The molecule has 0 aliphatic heterocycles. The molecule has 0 amide bonds. The SMILES string of the molecule is CC(C)c1ccc(OCc2nc3ccccc3n2CCCOc2ccc3ccccc3c2)cc1. The number of fused-ring (bicyclic) bond motifs is 2. The fourth-order valence-corrected chi connectivity index (χ4v) is 4.25. The van der Waals surface area contributed by atoms with Crippen molar-refractivity contribution in [3.63, 3.8) is 0 Å². The summed E-state index contributed by atoms with van der Waals surface area (Å²) in [6.45, 7) is 6.28. The molecule has 5 aromatic rings. The molecule has 34 heavy (non-hydrogen) atoms. The van der Waals surface area contributed by atoms with Gasteiger partial charge in [-0.25, -0.2) is 4.98 Å². The fourth-order valence-electron chi connectivity index (χ4n) is 4.25. The van der Waals surface area contributed by atoms with E-state index in [0.29, 0.717) is 19.1 Å². The van der Waals surface area contributed by atoms with Crippen LogP contribution >= 0.6 is 0 Å². The monoisotopic (exact) mass is 450 g/mol. The number of rotatable bonds is 9. The van der Waals surface area contributed by atoms with Crippen LogP contribution < -0.4 is 9.47 Å². The lowest BCUT2D eigenvalue weighted by Gasteiger charge is -2.12. The summed E-state index contributed by atoms with van der Waals surface area (Å²) < 4.78 is 14.4. The molecule has 4 nitrogen and oxygen atoms in total. The van der Waals surface area contributed by atoms with Crippen LogP contribution in [-0.4, -0.2) is 16.2 Å². The van der Waals surface area contributed by atoms with Gasteiger partial charge in [-0.1, -0.05) is 68.4 Å². The molecule has 0 radical (unpaired) electrons. The van der Waals surface area contributed by atoms with Gasteiger partial charge in [0.2, 0.25) is 0 Å². The zero-order valence-corrected chi connectivity index (χ0v) is 19.8. The molecule has 0 atom stereocenters. The molecule has 0 aliphatic carbocycles. The molecule has 0 bridgehead atoms. The standard InChI is InChI=1S/C30H30N2O2/c1-22(2)23-12-15-26(16-13-23)34-21-30-31-28-10-5-6-11-29(28)32(30)18-7-19-33-27-17-14-24-8-3-4-9-25(24)20-27/h3-6,8-17,20,22H,7,18-19,21H2,1-2H3. The first-order chi connectivity index (χ1) is 16.7. The molecule has 1 aromatic heterocycles. The van der Waals surface area contributed by atoms with E-state index in [-0.39, 0.29) is 0 Å². The lowest BCUT2D eigenvalue weighted by Crippen LogP contribution is -2.10. The highest BCUT2D eigenvalue weighted by Gasteiger charge is 2.11. The van der Waals surface area contributed by atoms with Crippen molar-refractivity contribution in [3.05, 3.63) is 102 Å². The van der Waals surface area contributed by atoms with Gasteiger partial charge >= 0.3 is 0 Å². The Morgan fingerprint density at radius 3 is 2.32 bits per heavy atom. The third-order valence-corrected chi connectivity index (χ3v) is 6.16. The minimum Gasteiger partial charge on any atom is -0.494 e. The first kappa shape index (κ1) is 22.0. The zero-order chi connectivity index (χ0) is 23.3. The van der Waals surface area contributed by atoms with E-state index in [1.54, 1.807) is 0 Å². The van der Waals surface area contributed by atoms with Gasteiger partial charge in [0, 0.05) is 6.54 Å². The van der Waals surface area contributed by atoms with Crippen LogP contribution in [0.3, 0.4) is 0 Å². The average molecular weight is 451 g/mol. The first-order valence-electron chi connectivity index (χ1n) is 12.0. The third kappa shape index (κ3) is 4.91. The van der Waals surface area contributed by atoms with E-state index in [4.69, 9.17) is 14.5 Å². The van der Waals surface area contributed by atoms with Crippen molar-refractivity contribution in [1.82, 2.24) is 9.55 Å². The molecule has 172 valence electrons. The van der Waals surface area contributed by atoms with E-state index in [9.17, 15) is 0 Å². The number of ether oxygens (including phenoxy) is 2. The van der Waals surface area contributed by atoms with Crippen molar-refractivity contribution in [2.75, 3.05) is 6.61 Å². The van der Waals surface area contributed by atoms with Crippen molar-refractivity contribution in [2.24, 2.45) is 0 Å². The molecule has 0 unspecified atom stereocenters. The number of benzene rings is 4. The van der Waals surface area contributed by atoms with Gasteiger partial charge in [0.05, 0.1) is 17.6 Å². The Labute approximate surface area is 200 Å². The highest BCUT2D eigenvalue weighted by atomic mass is 16.5. The van der Waals surface area contributed by atoms with Gasteiger partial charge in [-0.05, 0) is 65.1 Å². The molecule has 0 N–H and O–H groups in total. The Bertz CT molecular complexity index is 1390. The topological polar surface area (TPSA) is 36.3 Å². The number of aromatic nitrogens is 2. The molecule has 0 saturated heterocycles. The van der Waals surface area contributed by atoms with Gasteiger partial charge < -0.3 is 14.0 Å². The summed E-state index contributed by atoms with van der Waals surface area (Å²) in [5, 5.41) is 2.42. The molecule has 4 heteroatoms. The Hall–Kier alpha value is -3.79. The van der Waals surface area contributed by atoms with Crippen LogP contribution in [0.1, 0.15) is 37.6 Å². The van der Waals surface area contributed by atoms with Crippen LogP contribution in [0.25, 0.3) is 21.8 Å². The normalized spacial score (nSPS) is 11.4. The molecule has 0 saturated carbocycles. The number of para-hydroxylation sites is 2. The summed E-state index contributed by atoms with van der Waals surface area (Å²) in [7, 11) is 0. The van der Waals surface area contributed by atoms with Crippen LogP contribution in [-0.2, 0) is 13.2 Å². The van der Waals surface area contributed by atoms with Gasteiger partial charge in [-0.15, -0.1) is 0 Å². The predicted octanol–water partition coefficient (Wildman–Crippen LogP) is 7.36. The van der Waals surface area contributed by atoms with Crippen LogP contribution in [0.15, 0.2) is 91.0 Å². The molecule has 0 spiro atoms. The van der Waals surface area contributed by atoms with Gasteiger partial charge in [-0.3, -0.25) is 0 Å². The Morgan fingerprint density at radius 2 is 1.50 bits per heavy atom. The van der Waals surface area contributed by atoms with Crippen LogP contribution in [0.4, 0.5) is 0 Å². The Morgan fingerprint density at radius 1 is 0.765 bits per heavy atom. The highest BCUT2D eigenvalue weighted by Crippen LogP contribution is 2.23. The fraction of sp³-hybridized carbons (Fsp3) is 0.233. The minimum absolute atomic E-state index is 0.432.